The van der Waals surface area contributed by atoms with Crippen LogP contribution in [-0.2, 0) is 4.74 Å². The van der Waals surface area contributed by atoms with Crippen molar-refractivity contribution in [3.8, 4) is 0 Å². The van der Waals surface area contributed by atoms with Gasteiger partial charge in [-0.1, -0.05) is 20.8 Å². The van der Waals surface area contributed by atoms with Gasteiger partial charge in [-0.2, -0.15) is 0 Å². The van der Waals surface area contributed by atoms with Gasteiger partial charge in [0, 0.05) is 18.6 Å². The van der Waals surface area contributed by atoms with Crippen LogP contribution >= 0.6 is 0 Å². The molecule has 0 aromatic carbocycles. The van der Waals surface area contributed by atoms with Crippen molar-refractivity contribution in [3.63, 3.8) is 0 Å². The molecular weight excluding hydrogens is 212 g/mol. The number of nitrogens with one attached hydrogen (secondary N) is 1. The number of hydrogen-bond donors (Lipinski definition) is 1. The molecule has 0 bridgehead atoms. The van der Waals surface area contributed by atoms with Gasteiger partial charge in [-0.15, -0.1) is 0 Å². The van der Waals surface area contributed by atoms with Gasteiger partial charge in [-0.25, -0.2) is 0 Å². The molecule has 3 nitrogen and oxygen atoms in total. The quantitative estimate of drug-likeness (QED) is 0.794. The van der Waals surface area contributed by atoms with Gasteiger partial charge < -0.3 is 10.1 Å². The van der Waals surface area contributed by atoms with E-state index in [2.05, 4.69) is 31.0 Å². The zero-order valence-corrected chi connectivity index (χ0v) is 11.6. The highest BCUT2D eigenvalue weighted by Crippen LogP contribution is 2.25. The second-order valence-corrected chi connectivity index (χ2v) is 5.89. The summed E-state index contributed by atoms with van der Waals surface area (Å²) in [6.45, 7) is 11.3. The molecule has 2 fully saturated rings. The summed E-state index contributed by atoms with van der Waals surface area (Å²) in [7, 11) is 0. The van der Waals surface area contributed by atoms with E-state index in [-0.39, 0.29) is 0 Å². The molecule has 0 aromatic heterocycles. The minimum absolute atomic E-state index is 0.385. The molecular formula is C14H28N2O. The summed E-state index contributed by atoms with van der Waals surface area (Å²) in [6, 6.07) is 1.22. The number of nitrogens with zero attached hydrogens (tertiary/aromatic N) is 1. The molecule has 2 rings (SSSR count). The van der Waals surface area contributed by atoms with Crippen molar-refractivity contribution in [2.75, 3.05) is 26.2 Å². The lowest BCUT2D eigenvalue weighted by atomic mass is 9.96. The first kappa shape index (κ1) is 13.3. The monoisotopic (exact) mass is 240 g/mol. The zero-order chi connectivity index (χ0) is 12.3. The second kappa shape index (κ2) is 6.17. The molecule has 3 heteroatoms. The Morgan fingerprint density at radius 2 is 2.24 bits per heavy atom. The molecule has 0 radical (unpaired) electrons. The average molecular weight is 240 g/mol. The topological polar surface area (TPSA) is 24.5 Å². The molecule has 3 unspecified atom stereocenters. The molecule has 3 atom stereocenters. The third kappa shape index (κ3) is 3.21. The van der Waals surface area contributed by atoms with Crippen molar-refractivity contribution >= 4 is 0 Å². The first-order valence-electron chi connectivity index (χ1n) is 7.31. The van der Waals surface area contributed by atoms with Crippen molar-refractivity contribution in [3.05, 3.63) is 0 Å². The van der Waals surface area contributed by atoms with E-state index in [0.29, 0.717) is 24.1 Å². The highest BCUT2D eigenvalue weighted by Gasteiger charge is 2.36. The summed E-state index contributed by atoms with van der Waals surface area (Å²) in [6.07, 6.45) is 4.27. The number of morpholine rings is 1. The molecule has 0 aromatic rings. The summed E-state index contributed by atoms with van der Waals surface area (Å²) in [5.74, 6) is 0.644. The van der Waals surface area contributed by atoms with Crippen molar-refractivity contribution in [1.82, 2.24) is 10.2 Å². The van der Waals surface area contributed by atoms with Crippen LogP contribution < -0.4 is 5.32 Å². The maximum absolute atomic E-state index is 6.11. The fraction of sp³-hybridized carbons (Fsp3) is 1.00. The van der Waals surface area contributed by atoms with Crippen LogP contribution in [0.25, 0.3) is 0 Å². The first-order valence-corrected chi connectivity index (χ1v) is 7.31. The lowest BCUT2D eigenvalue weighted by molar-refractivity contribution is -0.0711. The Kier molecular flexibility index (Phi) is 4.83. The fourth-order valence-electron chi connectivity index (χ4n) is 3.17. The van der Waals surface area contributed by atoms with Crippen LogP contribution in [0.15, 0.2) is 0 Å². The minimum atomic E-state index is 0.385. The number of hydrogen-bond acceptors (Lipinski definition) is 3. The van der Waals surface area contributed by atoms with E-state index in [1.54, 1.807) is 0 Å². The fourth-order valence-corrected chi connectivity index (χ4v) is 3.17. The number of fused-ring (bicyclic) bond motifs is 1. The molecule has 2 aliphatic rings. The van der Waals surface area contributed by atoms with E-state index < -0.39 is 0 Å². The van der Waals surface area contributed by atoms with Crippen molar-refractivity contribution in [2.24, 2.45) is 5.92 Å². The van der Waals surface area contributed by atoms with E-state index >= 15 is 0 Å². The molecule has 0 aliphatic carbocycles. The Bertz CT molecular complexity index is 232. The van der Waals surface area contributed by atoms with E-state index in [1.807, 2.05) is 0 Å². The summed E-state index contributed by atoms with van der Waals surface area (Å²) >= 11 is 0. The molecule has 1 N–H and O–H groups in total. The van der Waals surface area contributed by atoms with E-state index in [0.717, 1.165) is 19.7 Å². The molecule has 0 saturated carbocycles. The van der Waals surface area contributed by atoms with Gasteiger partial charge in [0.25, 0.3) is 0 Å². The number of rotatable bonds is 5. The first-order chi connectivity index (χ1) is 8.22. The van der Waals surface area contributed by atoms with Crippen LogP contribution in [0.2, 0.25) is 0 Å². The van der Waals surface area contributed by atoms with Crippen LogP contribution in [0.5, 0.6) is 0 Å². The maximum atomic E-state index is 6.11. The standard InChI is InChI=1S/C14H28N2O/c1-4-7-15-14(11(2)3)13-9-16-8-5-6-12(16)10-17-13/h11-15H,4-10H2,1-3H3. The van der Waals surface area contributed by atoms with Crippen molar-refractivity contribution in [2.45, 2.75) is 58.2 Å². The average Bonchev–Trinajstić information content (AvgIpc) is 2.76. The summed E-state index contributed by atoms with van der Waals surface area (Å²) in [5.41, 5.74) is 0. The Morgan fingerprint density at radius 1 is 1.41 bits per heavy atom. The van der Waals surface area contributed by atoms with Crippen LogP contribution in [0.4, 0.5) is 0 Å². The molecule has 0 amide bonds. The van der Waals surface area contributed by atoms with Gasteiger partial charge in [-0.3, -0.25) is 4.90 Å². The summed E-state index contributed by atoms with van der Waals surface area (Å²) in [4.78, 5) is 2.64. The van der Waals surface area contributed by atoms with Gasteiger partial charge in [0.1, 0.15) is 0 Å². The molecule has 2 saturated heterocycles. The second-order valence-electron chi connectivity index (χ2n) is 5.89. The predicted octanol–water partition coefficient (Wildman–Crippen LogP) is 1.87. The smallest absolute Gasteiger partial charge is 0.0858 e. The molecule has 2 heterocycles. The van der Waals surface area contributed by atoms with Crippen molar-refractivity contribution in [1.29, 1.82) is 0 Å². The van der Waals surface area contributed by atoms with Crippen LogP contribution in [-0.4, -0.2) is 49.3 Å². The summed E-state index contributed by atoms with van der Waals surface area (Å²) in [5, 5.41) is 3.67. The zero-order valence-electron chi connectivity index (χ0n) is 11.6. The van der Waals surface area contributed by atoms with Gasteiger partial charge in [0.15, 0.2) is 0 Å². The molecule has 0 spiro atoms. The third-order valence-corrected chi connectivity index (χ3v) is 4.17. The lowest BCUT2D eigenvalue weighted by Gasteiger charge is -2.40. The maximum Gasteiger partial charge on any atom is 0.0858 e. The Hall–Kier alpha value is -0.120. The van der Waals surface area contributed by atoms with E-state index in [4.69, 9.17) is 4.74 Å². The van der Waals surface area contributed by atoms with Crippen LogP contribution in [0.3, 0.4) is 0 Å². The largest absolute Gasteiger partial charge is 0.374 e. The van der Waals surface area contributed by atoms with Gasteiger partial charge in [0.2, 0.25) is 0 Å². The minimum Gasteiger partial charge on any atom is -0.374 e. The number of ether oxygens (including phenoxy) is 1. The SMILES string of the molecule is CCCNC(C(C)C)C1CN2CCCC2CO1. The van der Waals surface area contributed by atoms with Crippen LogP contribution in [0.1, 0.15) is 40.0 Å². The highest BCUT2D eigenvalue weighted by atomic mass is 16.5. The molecule has 2 aliphatic heterocycles. The normalized spacial score (nSPS) is 31.8. The van der Waals surface area contributed by atoms with Crippen LogP contribution in [0, 0.1) is 5.92 Å². The predicted molar refractivity (Wildman–Crippen MR) is 71.3 cm³/mol. The Morgan fingerprint density at radius 3 is 2.94 bits per heavy atom. The van der Waals surface area contributed by atoms with Gasteiger partial charge >= 0.3 is 0 Å². The van der Waals surface area contributed by atoms with Gasteiger partial charge in [0.05, 0.1) is 12.7 Å². The Balaban J connectivity index is 1.90. The van der Waals surface area contributed by atoms with E-state index in [9.17, 15) is 0 Å². The van der Waals surface area contributed by atoms with Gasteiger partial charge in [-0.05, 0) is 38.3 Å². The Labute approximate surface area is 106 Å². The molecule has 100 valence electrons. The highest BCUT2D eigenvalue weighted by molar-refractivity contribution is 4.91. The molecule has 17 heavy (non-hydrogen) atoms. The van der Waals surface area contributed by atoms with Crippen molar-refractivity contribution < 1.29 is 4.74 Å². The van der Waals surface area contributed by atoms with E-state index in [1.165, 1.54) is 25.8 Å². The summed E-state index contributed by atoms with van der Waals surface area (Å²) < 4.78 is 6.11. The third-order valence-electron chi connectivity index (χ3n) is 4.17. The lowest BCUT2D eigenvalue weighted by Crippen LogP contribution is -2.55.